The Labute approximate surface area is 252 Å². The number of carboxylic acids is 1. The summed E-state index contributed by atoms with van der Waals surface area (Å²) in [6, 6.07) is 10.8. The van der Waals surface area contributed by atoms with Gasteiger partial charge in [-0.2, -0.15) is 0 Å². The van der Waals surface area contributed by atoms with Crippen molar-refractivity contribution in [1.29, 1.82) is 5.41 Å². The zero-order valence-electron chi connectivity index (χ0n) is 24.1. The minimum atomic E-state index is -1.63. The van der Waals surface area contributed by atoms with Gasteiger partial charge in [0, 0.05) is 43.2 Å². The maximum atomic E-state index is 16.5. The summed E-state index contributed by atoms with van der Waals surface area (Å²) in [5.74, 6) is -3.79. The molecule has 14 heteroatoms. The molecule has 1 unspecified atom stereocenters. The number of nitrogen functional groups attached to an aromatic ring is 1. The van der Waals surface area contributed by atoms with Gasteiger partial charge in [0.1, 0.15) is 17.4 Å². The standard InChI is InChI=1S/C30H33F2N7O5/c1-35-39-29(43-20-5-3-4-19(14-20)28-36-10-13-37(28)2)25(31)24(17-8-11-38(12-9-17)16-23(41)42)26(32)30(39)44-22-15-18(27(33)34)6-7-21(22)40/h3-7,10,13-15,17,30,35,40H,8-9,11-12,16H2,1-2H3,(H3,33,34)(H,41,42). The van der Waals surface area contributed by atoms with E-state index < -0.39 is 29.8 Å². The second-order valence-electron chi connectivity index (χ2n) is 10.5. The molecule has 2 aliphatic heterocycles. The van der Waals surface area contributed by atoms with Gasteiger partial charge >= 0.3 is 5.97 Å². The first-order chi connectivity index (χ1) is 21.1. The lowest BCUT2D eigenvalue weighted by molar-refractivity contribution is -0.138. The first-order valence-electron chi connectivity index (χ1n) is 13.9. The van der Waals surface area contributed by atoms with Crippen molar-refractivity contribution in [3.63, 3.8) is 0 Å². The summed E-state index contributed by atoms with van der Waals surface area (Å²) >= 11 is 0. The van der Waals surface area contributed by atoms with Gasteiger partial charge in [-0.05, 0) is 62.2 Å². The number of amidine groups is 1. The third kappa shape index (κ3) is 6.21. The number of likely N-dealkylation sites (tertiary alicyclic amines) is 1. The van der Waals surface area contributed by atoms with E-state index in [1.54, 1.807) is 35.5 Å². The summed E-state index contributed by atoms with van der Waals surface area (Å²) in [5.41, 5.74) is 9.02. The number of hydrogen-bond acceptors (Lipinski definition) is 9. The van der Waals surface area contributed by atoms with Crippen LogP contribution in [-0.2, 0) is 11.8 Å². The highest BCUT2D eigenvalue weighted by molar-refractivity contribution is 5.95. The zero-order chi connectivity index (χ0) is 31.5. The van der Waals surface area contributed by atoms with Crippen LogP contribution in [-0.4, -0.2) is 74.4 Å². The number of piperidine rings is 1. The lowest BCUT2D eigenvalue weighted by Crippen LogP contribution is -2.51. The number of rotatable bonds is 10. The molecule has 1 fully saturated rings. The zero-order valence-corrected chi connectivity index (χ0v) is 24.1. The van der Waals surface area contributed by atoms with Crippen LogP contribution in [0.4, 0.5) is 8.78 Å². The molecule has 0 aliphatic carbocycles. The van der Waals surface area contributed by atoms with E-state index in [2.05, 4.69) is 10.4 Å². The maximum absolute atomic E-state index is 16.5. The van der Waals surface area contributed by atoms with Crippen molar-refractivity contribution in [2.24, 2.45) is 18.7 Å². The fourth-order valence-electron chi connectivity index (χ4n) is 5.39. The molecule has 1 aromatic heterocycles. The van der Waals surface area contributed by atoms with E-state index in [1.165, 1.54) is 25.2 Å². The van der Waals surface area contributed by atoms with Gasteiger partial charge in [-0.1, -0.05) is 12.1 Å². The molecular weight excluding hydrogens is 576 g/mol. The van der Waals surface area contributed by atoms with Gasteiger partial charge < -0.3 is 30.0 Å². The molecule has 2 aromatic carbocycles. The lowest BCUT2D eigenvalue weighted by atomic mass is 9.86. The average Bonchev–Trinajstić information content (AvgIpc) is 3.43. The summed E-state index contributed by atoms with van der Waals surface area (Å²) in [7, 11) is 3.27. The Hall–Kier alpha value is -4.95. The molecule has 1 saturated heterocycles. The Kier molecular flexibility index (Phi) is 8.83. The molecule has 0 bridgehead atoms. The third-order valence-electron chi connectivity index (χ3n) is 7.58. The van der Waals surface area contributed by atoms with Crippen molar-refractivity contribution >= 4 is 11.8 Å². The van der Waals surface area contributed by atoms with Gasteiger partial charge in [0.15, 0.2) is 23.2 Å². The number of halogens is 2. The first kappa shape index (κ1) is 30.5. The highest BCUT2D eigenvalue weighted by Crippen LogP contribution is 2.43. The summed E-state index contributed by atoms with van der Waals surface area (Å²) in [6.07, 6.45) is 2.39. The number of nitrogens with zero attached hydrogens (tertiary/aromatic N) is 4. The van der Waals surface area contributed by atoms with E-state index in [0.29, 0.717) is 37.3 Å². The second kappa shape index (κ2) is 12.7. The van der Waals surface area contributed by atoms with E-state index in [9.17, 15) is 15.0 Å². The Morgan fingerprint density at radius 2 is 1.95 bits per heavy atom. The number of hydrazine groups is 1. The highest BCUT2D eigenvalue weighted by atomic mass is 19.1. The number of carboxylic acid groups (broad SMARTS) is 1. The topological polar surface area (TPSA) is 162 Å². The molecule has 44 heavy (non-hydrogen) atoms. The lowest BCUT2D eigenvalue weighted by Gasteiger charge is -2.39. The fourth-order valence-corrected chi connectivity index (χ4v) is 5.39. The fraction of sp³-hybridized carbons (Fsp3) is 0.300. The van der Waals surface area contributed by atoms with Gasteiger partial charge in [0.2, 0.25) is 6.23 Å². The molecule has 5 rings (SSSR count). The molecule has 3 aromatic rings. The van der Waals surface area contributed by atoms with Crippen molar-refractivity contribution in [2.75, 3.05) is 26.7 Å². The molecule has 232 valence electrons. The van der Waals surface area contributed by atoms with Crippen molar-refractivity contribution in [2.45, 2.75) is 19.1 Å². The molecule has 0 saturated carbocycles. The van der Waals surface area contributed by atoms with Crippen LogP contribution in [0.15, 0.2) is 78.0 Å². The number of ether oxygens (including phenoxy) is 2. The number of phenolic OH excluding ortho intramolecular Hbond substituents is 1. The summed E-state index contributed by atoms with van der Waals surface area (Å²) in [5, 5.41) is 28.5. The van der Waals surface area contributed by atoms with Crippen molar-refractivity contribution < 1.29 is 33.3 Å². The number of aromatic nitrogens is 2. The molecule has 1 atom stereocenters. The van der Waals surface area contributed by atoms with E-state index >= 15 is 8.78 Å². The van der Waals surface area contributed by atoms with Crippen molar-refractivity contribution in [3.05, 3.63) is 83.5 Å². The largest absolute Gasteiger partial charge is 0.504 e. The number of carbonyl (C=O) groups is 1. The van der Waals surface area contributed by atoms with Crippen LogP contribution in [0.1, 0.15) is 18.4 Å². The predicted molar refractivity (Wildman–Crippen MR) is 157 cm³/mol. The number of aryl methyl sites for hydroxylation is 1. The van der Waals surface area contributed by atoms with E-state index in [-0.39, 0.29) is 46.6 Å². The molecular formula is C30H33F2N7O5. The van der Waals surface area contributed by atoms with Crippen LogP contribution in [0.2, 0.25) is 0 Å². The van der Waals surface area contributed by atoms with Gasteiger partial charge in [-0.3, -0.25) is 15.1 Å². The Balaban J connectivity index is 1.55. The Morgan fingerprint density at radius 3 is 2.59 bits per heavy atom. The van der Waals surface area contributed by atoms with E-state index in [1.807, 2.05) is 17.7 Å². The average molecular weight is 610 g/mol. The predicted octanol–water partition coefficient (Wildman–Crippen LogP) is 3.47. The van der Waals surface area contributed by atoms with Gasteiger partial charge in [-0.15, -0.1) is 0 Å². The Morgan fingerprint density at radius 1 is 1.20 bits per heavy atom. The quantitative estimate of drug-likeness (QED) is 0.170. The first-order valence-corrected chi connectivity index (χ1v) is 13.9. The number of nitrogens with one attached hydrogen (secondary N) is 2. The monoisotopic (exact) mass is 609 g/mol. The molecule has 0 amide bonds. The van der Waals surface area contributed by atoms with Crippen LogP contribution >= 0.6 is 0 Å². The third-order valence-corrected chi connectivity index (χ3v) is 7.58. The number of aromatic hydroxyl groups is 1. The number of phenols is 1. The minimum Gasteiger partial charge on any atom is -0.504 e. The smallest absolute Gasteiger partial charge is 0.317 e. The van der Waals surface area contributed by atoms with Gasteiger partial charge in [0.05, 0.1) is 6.54 Å². The number of nitrogens with two attached hydrogens (primary N) is 1. The summed E-state index contributed by atoms with van der Waals surface area (Å²) in [6.45, 7) is 0.482. The van der Waals surface area contributed by atoms with Crippen LogP contribution < -0.4 is 20.6 Å². The van der Waals surface area contributed by atoms with Crippen molar-refractivity contribution in [3.8, 4) is 28.6 Å². The molecule has 2 aliphatic rings. The van der Waals surface area contributed by atoms with E-state index in [0.717, 1.165) is 5.01 Å². The molecule has 3 heterocycles. The SMILES string of the molecule is CNN1C(Oc2cccc(-c3nccn3C)c2)=C(F)C(C2CCN(CC(=O)O)CC2)=C(F)C1Oc1cc(C(=N)N)ccc1O. The minimum absolute atomic E-state index is 0.168. The highest BCUT2D eigenvalue weighted by Gasteiger charge is 2.43. The maximum Gasteiger partial charge on any atom is 0.317 e. The van der Waals surface area contributed by atoms with Gasteiger partial charge in [-0.25, -0.2) is 24.2 Å². The van der Waals surface area contributed by atoms with Crippen LogP contribution in [0.3, 0.4) is 0 Å². The normalized spacial score (nSPS) is 18.1. The van der Waals surface area contributed by atoms with Gasteiger partial charge in [0.25, 0.3) is 5.88 Å². The van der Waals surface area contributed by atoms with Crippen LogP contribution in [0, 0.1) is 11.3 Å². The Bertz CT molecular complexity index is 1630. The van der Waals surface area contributed by atoms with Crippen LogP contribution in [0.25, 0.3) is 11.4 Å². The molecule has 12 nitrogen and oxygen atoms in total. The molecule has 6 N–H and O–H groups in total. The number of aliphatic carboxylic acids is 1. The summed E-state index contributed by atoms with van der Waals surface area (Å²) in [4.78, 5) is 17.3. The number of allylic oxidation sites excluding steroid dienone is 2. The molecule has 0 radical (unpaired) electrons. The van der Waals surface area contributed by atoms with E-state index in [4.69, 9.17) is 20.6 Å². The van der Waals surface area contributed by atoms with Crippen molar-refractivity contribution in [1.82, 2.24) is 24.9 Å². The number of benzene rings is 2. The van der Waals surface area contributed by atoms with Crippen LogP contribution in [0.5, 0.6) is 17.2 Å². The molecule has 0 spiro atoms. The second-order valence-corrected chi connectivity index (χ2v) is 10.5. The summed E-state index contributed by atoms with van der Waals surface area (Å²) < 4.78 is 46.8. The number of hydrogen-bond donors (Lipinski definition) is 5. The number of imidazole rings is 1.